The highest BCUT2D eigenvalue weighted by Gasteiger charge is 2.26. The monoisotopic (exact) mass is 198 g/mol. The third kappa shape index (κ3) is 4.07. The van der Waals surface area contributed by atoms with E-state index < -0.39 is 5.41 Å². The van der Waals surface area contributed by atoms with Crippen molar-refractivity contribution in [2.24, 2.45) is 5.41 Å². The third-order valence-corrected chi connectivity index (χ3v) is 1.86. The van der Waals surface area contributed by atoms with Crippen molar-refractivity contribution in [3.05, 3.63) is 12.2 Å². The number of rotatable bonds is 4. The molecule has 0 unspecified atom stereocenters. The molecule has 0 fully saturated rings. The van der Waals surface area contributed by atoms with Gasteiger partial charge < -0.3 is 10.6 Å². The van der Waals surface area contributed by atoms with Crippen LogP contribution in [0.4, 0.5) is 0 Å². The van der Waals surface area contributed by atoms with E-state index in [0.29, 0.717) is 6.54 Å². The molecule has 4 heteroatoms. The van der Waals surface area contributed by atoms with Crippen LogP contribution in [-0.2, 0) is 9.59 Å². The van der Waals surface area contributed by atoms with Crippen molar-refractivity contribution in [3.8, 4) is 0 Å². The van der Waals surface area contributed by atoms with Crippen LogP contribution in [-0.4, -0.2) is 25.4 Å². The highest BCUT2D eigenvalue weighted by atomic mass is 16.2. The maximum atomic E-state index is 11.3. The first-order valence-corrected chi connectivity index (χ1v) is 4.56. The molecule has 0 aliphatic carbocycles. The first-order chi connectivity index (χ1) is 6.44. The van der Waals surface area contributed by atoms with E-state index in [1.54, 1.807) is 33.9 Å². The fraction of sp³-hybridized carbons (Fsp3) is 0.600. The summed E-state index contributed by atoms with van der Waals surface area (Å²) < 4.78 is 0. The van der Waals surface area contributed by atoms with Gasteiger partial charge in [-0.1, -0.05) is 6.08 Å². The highest BCUT2D eigenvalue weighted by molar-refractivity contribution is 5.88. The Hall–Kier alpha value is -1.32. The SMILES string of the molecule is C/C=C/C(=O)NCC(C)(C)C(=O)NC. The Morgan fingerprint density at radius 2 is 1.93 bits per heavy atom. The zero-order valence-corrected chi connectivity index (χ0v) is 9.18. The van der Waals surface area contributed by atoms with Gasteiger partial charge in [-0.3, -0.25) is 9.59 Å². The summed E-state index contributed by atoms with van der Waals surface area (Å²) in [7, 11) is 1.58. The van der Waals surface area contributed by atoms with Gasteiger partial charge in [0, 0.05) is 13.6 Å². The molecular formula is C10H18N2O2. The summed E-state index contributed by atoms with van der Waals surface area (Å²) in [5.74, 6) is -0.261. The normalized spacial score (nSPS) is 11.4. The smallest absolute Gasteiger partial charge is 0.243 e. The van der Waals surface area contributed by atoms with Crippen LogP contribution < -0.4 is 10.6 Å². The van der Waals surface area contributed by atoms with Gasteiger partial charge in [0.25, 0.3) is 0 Å². The standard InChI is InChI=1S/C10H18N2O2/c1-5-6-8(13)12-7-10(2,3)9(14)11-4/h5-6H,7H2,1-4H3,(H,11,14)(H,12,13)/b6-5+. The molecule has 0 saturated carbocycles. The van der Waals surface area contributed by atoms with E-state index in [1.165, 1.54) is 6.08 Å². The van der Waals surface area contributed by atoms with Crippen molar-refractivity contribution in [2.45, 2.75) is 20.8 Å². The highest BCUT2D eigenvalue weighted by Crippen LogP contribution is 2.12. The minimum absolute atomic E-state index is 0.0849. The summed E-state index contributed by atoms with van der Waals surface area (Å²) >= 11 is 0. The fourth-order valence-corrected chi connectivity index (χ4v) is 0.937. The van der Waals surface area contributed by atoms with Crippen LogP contribution in [0.2, 0.25) is 0 Å². The molecule has 0 aliphatic rings. The van der Waals surface area contributed by atoms with E-state index in [9.17, 15) is 9.59 Å². The van der Waals surface area contributed by atoms with Gasteiger partial charge in [-0.2, -0.15) is 0 Å². The Morgan fingerprint density at radius 3 is 2.36 bits per heavy atom. The van der Waals surface area contributed by atoms with Gasteiger partial charge in [-0.05, 0) is 26.8 Å². The molecule has 2 amide bonds. The van der Waals surface area contributed by atoms with Crippen molar-refractivity contribution in [1.29, 1.82) is 0 Å². The zero-order chi connectivity index (χ0) is 11.2. The molecule has 0 bridgehead atoms. The second-order valence-corrected chi connectivity index (χ2v) is 3.68. The van der Waals surface area contributed by atoms with E-state index in [4.69, 9.17) is 0 Å². The van der Waals surface area contributed by atoms with Gasteiger partial charge in [0.15, 0.2) is 0 Å². The molecule has 14 heavy (non-hydrogen) atoms. The van der Waals surface area contributed by atoms with E-state index in [-0.39, 0.29) is 11.8 Å². The molecule has 0 aliphatic heterocycles. The van der Waals surface area contributed by atoms with Crippen molar-refractivity contribution in [1.82, 2.24) is 10.6 Å². The van der Waals surface area contributed by atoms with Gasteiger partial charge >= 0.3 is 0 Å². The number of carbonyl (C=O) groups is 2. The lowest BCUT2D eigenvalue weighted by Crippen LogP contribution is -2.43. The van der Waals surface area contributed by atoms with E-state index in [0.717, 1.165) is 0 Å². The van der Waals surface area contributed by atoms with Crippen molar-refractivity contribution in [2.75, 3.05) is 13.6 Å². The van der Waals surface area contributed by atoms with Crippen molar-refractivity contribution in [3.63, 3.8) is 0 Å². The Balaban J connectivity index is 4.11. The molecule has 0 rings (SSSR count). The average Bonchev–Trinajstić information content (AvgIpc) is 2.14. The van der Waals surface area contributed by atoms with Crippen LogP contribution >= 0.6 is 0 Å². The Kier molecular flexibility index (Phi) is 4.91. The lowest BCUT2D eigenvalue weighted by atomic mass is 9.92. The number of hydrogen-bond donors (Lipinski definition) is 2. The number of nitrogens with one attached hydrogen (secondary N) is 2. The largest absolute Gasteiger partial charge is 0.359 e. The zero-order valence-electron chi connectivity index (χ0n) is 9.18. The quantitative estimate of drug-likeness (QED) is 0.644. The predicted octanol–water partition coefficient (Wildman–Crippen LogP) is 0.451. The third-order valence-electron chi connectivity index (χ3n) is 1.86. The second-order valence-electron chi connectivity index (χ2n) is 3.68. The topological polar surface area (TPSA) is 58.2 Å². The molecule has 0 saturated heterocycles. The van der Waals surface area contributed by atoms with Gasteiger partial charge in [0.05, 0.1) is 5.41 Å². The van der Waals surface area contributed by atoms with Gasteiger partial charge in [-0.25, -0.2) is 0 Å². The lowest BCUT2D eigenvalue weighted by molar-refractivity contribution is -0.129. The summed E-state index contributed by atoms with van der Waals surface area (Å²) in [6, 6.07) is 0. The van der Waals surface area contributed by atoms with Crippen LogP contribution in [0.25, 0.3) is 0 Å². The van der Waals surface area contributed by atoms with Crippen LogP contribution in [0.15, 0.2) is 12.2 Å². The minimum atomic E-state index is -0.577. The lowest BCUT2D eigenvalue weighted by Gasteiger charge is -2.22. The van der Waals surface area contributed by atoms with Crippen molar-refractivity contribution >= 4 is 11.8 Å². The molecule has 0 aromatic carbocycles. The van der Waals surface area contributed by atoms with E-state index >= 15 is 0 Å². The Labute approximate surface area is 84.8 Å². The van der Waals surface area contributed by atoms with Gasteiger partial charge in [0.1, 0.15) is 0 Å². The number of hydrogen-bond acceptors (Lipinski definition) is 2. The maximum absolute atomic E-state index is 11.3. The van der Waals surface area contributed by atoms with Crippen molar-refractivity contribution < 1.29 is 9.59 Å². The summed E-state index contributed by atoms with van der Waals surface area (Å²) in [5.41, 5.74) is -0.577. The first kappa shape index (κ1) is 12.7. The molecule has 0 aromatic heterocycles. The van der Waals surface area contributed by atoms with Crippen LogP contribution in [0.3, 0.4) is 0 Å². The van der Waals surface area contributed by atoms with Crippen LogP contribution in [0.1, 0.15) is 20.8 Å². The van der Waals surface area contributed by atoms with Gasteiger partial charge in [0.2, 0.25) is 11.8 Å². The molecular weight excluding hydrogens is 180 g/mol. The maximum Gasteiger partial charge on any atom is 0.243 e. The molecule has 2 N–H and O–H groups in total. The van der Waals surface area contributed by atoms with Crippen LogP contribution in [0.5, 0.6) is 0 Å². The molecule has 80 valence electrons. The summed E-state index contributed by atoms with van der Waals surface area (Å²) in [6.45, 7) is 5.66. The minimum Gasteiger partial charge on any atom is -0.359 e. The molecule has 4 nitrogen and oxygen atoms in total. The number of allylic oxidation sites excluding steroid dienone is 1. The average molecular weight is 198 g/mol. The fourth-order valence-electron chi connectivity index (χ4n) is 0.937. The molecule has 0 heterocycles. The van der Waals surface area contributed by atoms with E-state index in [2.05, 4.69) is 10.6 Å². The molecule has 0 spiro atoms. The first-order valence-electron chi connectivity index (χ1n) is 4.56. The molecule has 0 radical (unpaired) electrons. The second kappa shape index (κ2) is 5.42. The molecule has 0 aromatic rings. The summed E-state index contributed by atoms with van der Waals surface area (Å²) in [6.07, 6.45) is 3.09. The van der Waals surface area contributed by atoms with E-state index in [1.807, 2.05) is 0 Å². The van der Waals surface area contributed by atoms with Gasteiger partial charge in [-0.15, -0.1) is 0 Å². The van der Waals surface area contributed by atoms with Crippen LogP contribution in [0, 0.1) is 5.41 Å². The Bertz CT molecular complexity index is 245. The number of carbonyl (C=O) groups excluding carboxylic acids is 2. The molecule has 0 atom stereocenters. The number of amides is 2. The summed E-state index contributed by atoms with van der Waals surface area (Å²) in [5, 5.41) is 5.21. The summed E-state index contributed by atoms with van der Waals surface area (Å²) in [4.78, 5) is 22.4. The predicted molar refractivity (Wildman–Crippen MR) is 55.7 cm³/mol. The Morgan fingerprint density at radius 1 is 1.36 bits per heavy atom.